The van der Waals surface area contributed by atoms with E-state index in [0.717, 1.165) is 11.8 Å². The first-order valence-corrected chi connectivity index (χ1v) is 6.04. The average Bonchev–Trinajstić information content (AvgIpc) is 2.67. The molecule has 2 aliphatic rings. The van der Waals surface area contributed by atoms with E-state index in [1.807, 2.05) is 0 Å². The van der Waals surface area contributed by atoms with Gasteiger partial charge in [0.1, 0.15) is 0 Å². The van der Waals surface area contributed by atoms with Crippen molar-refractivity contribution < 1.29 is 0 Å². The molecule has 2 N–H and O–H groups in total. The van der Waals surface area contributed by atoms with Crippen LogP contribution >= 0.6 is 0 Å². The molecular weight excluding hydrogens is 170 g/mol. The monoisotopic (exact) mass is 195 g/mol. The highest BCUT2D eigenvalue weighted by molar-refractivity contribution is 5.03. The maximum absolute atomic E-state index is 5.68. The van der Waals surface area contributed by atoms with E-state index in [0.29, 0.717) is 6.04 Å². The fourth-order valence-corrected chi connectivity index (χ4v) is 2.26. The van der Waals surface area contributed by atoms with Crippen molar-refractivity contribution in [3.8, 4) is 0 Å². The fourth-order valence-electron chi connectivity index (χ4n) is 2.26. The SMILES string of the molecule is C=C1CCCC1C.CC1CCCC1N. The highest BCUT2D eigenvalue weighted by Gasteiger charge is 2.18. The zero-order valence-electron chi connectivity index (χ0n) is 9.76. The molecule has 0 bridgehead atoms. The largest absolute Gasteiger partial charge is 0.327 e. The van der Waals surface area contributed by atoms with Crippen LogP contribution in [0.4, 0.5) is 0 Å². The van der Waals surface area contributed by atoms with Gasteiger partial charge in [-0.3, -0.25) is 0 Å². The van der Waals surface area contributed by atoms with Gasteiger partial charge in [0, 0.05) is 6.04 Å². The van der Waals surface area contributed by atoms with E-state index in [9.17, 15) is 0 Å². The van der Waals surface area contributed by atoms with Gasteiger partial charge in [0.2, 0.25) is 0 Å². The van der Waals surface area contributed by atoms with Crippen LogP contribution in [0.5, 0.6) is 0 Å². The molecule has 2 aliphatic carbocycles. The second kappa shape index (κ2) is 5.55. The van der Waals surface area contributed by atoms with Crippen molar-refractivity contribution in [3.63, 3.8) is 0 Å². The highest BCUT2D eigenvalue weighted by Crippen LogP contribution is 2.28. The Morgan fingerprint density at radius 2 is 1.86 bits per heavy atom. The van der Waals surface area contributed by atoms with Crippen molar-refractivity contribution >= 4 is 0 Å². The maximum Gasteiger partial charge on any atom is 0.00645 e. The third-order valence-corrected chi connectivity index (χ3v) is 3.76. The number of rotatable bonds is 0. The first-order chi connectivity index (χ1) is 6.61. The molecule has 14 heavy (non-hydrogen) atoms. The van der Waals surface area contributed by atoms with Gasteiger partial charge in [-0.25, -0.2) is 0 Å². The van der Waals surface area contributed by atoms with Crippen molar-refractivity contribution in [1.29, 1.82) is 0 Å². The number of hydrogen-bond donors (Lipinski definition) is 1. The Hall–Kier alpha value is -0.300. The second-order valence-corrected chi connectivity index (χ2v) is 5.02. The van der Waals surface area contributed by atoms with Crippen molar-refractivity contribution in [2.24, 2.45) is 17.6 Å². The summed E-state index contributed by atoms with van der Waals surface area (Å²) in [4.78, 5) is 0. The van der Waals surface area contributed by atoms with E-state index in [-0.39, 0.29) is 0 Å². The first kappa shape index (κ1) is 11.8. The average molecular weight is 195 g/mol. The number of nitrogens with two attached hydrogens (primary N) is 1. The van der Waals surface area contributed by atoms with Crippen LogP contribution < -0.4 is 5.73 Å². The van der Waals surface area contributed by atoms with Crippen LogP contribution in [-0.4, -0.2) is 6.04 Å². The summed E-state index contributed by atoms with van der Waals surface area (Å²) < 4.78 is 0. The Morgan fingerprint density at radius 1 is 1.14 bits per heavy atom. The summed E-state index contributed by atoms with van der Waals surface area (Å²) >= 11 is 0. The van der Waals surface area contributed by atoms with Crippen LogP contribution in [0.3, 0.4) is 0 Å². The summed E-state index contributed by atoms with van der Waals surface area (Å²) in [6, 6.07) is 0.514. The molecule has 0 saturated heterocycles. The van der Waals surface area contributed by atoms with Crippen LogP contribution in [0, 0.1) is 11.8 Å². The summed E-state index contributed by atoms with van der Waals surface area (Å²) in [5, 5.41) is 0. The maximum atomic E-state index is 5.68. The van der Waals surface area contributed by atoms with Gasteiger partial charge in [-0.15, -0.1) is 0 Å². The molecule has 2 fully saturated rings. The lowest BCUT2D eigenvalue weighted by atomic mass is 10.1. The van der Waals surface area contributed by atoms with E-state index in [1.165, 1.54) is 44.1 Å². The van der Waals surface area contributed by atoms with E-state index < -0.39 is 0 Å². The van der Waals surface area contributed by atoms with Crippen LogP contribution in [0.2, 0.25) is 0 Å². The van der Waals surface area contributed by atoms with Gasteiger partial charge in [0.15, 0.2) is 0 Å². The normalized spacial score (nSPS) is 36.8. The van der Waals surface area contributed by atoms with Gasteiger partial charge in [0.05, 0.1) is 0 Å². The van der Waals surface area contributed by atoms with Gasteiger partial charge >= 0.3 is 0 Å². The zero-order valence-corrected chi connectivity index (χ0v) is 9.76. The molecule has 0 aromatic rings. The molecule has 1 nitrogen and oxygen atoms in total. The Balaban J connectivity index is 0.000000140. The Kier molecular flexibility index (Phi) is 4.67. The van der Waals surface area contributed by atoms with E-state index in [4.69, 9.17) is 5.73 Å². The molecule has 82 valence electrons. The van der Waals surface area contributed by atoms with Crippen molar-refractivity contribution in [2.75, 3.05) is 0 Å². The molecule has 0 heterocycles. The lowest BCUT2D eigenvalue weighted by Gasteiger charge is -2.05. The van der Waals surface area contributed by atoms with E-state index in [2.05, 4.69) is 20.4 Å². The third-order valence-electron chi connectivity index (χ3n) is 3.76. The standard InChI is InChI=1S/C7H12.C6H13N/c1-6-4-3-5-7(6)2;1-5-3-2-4-6(5)7/h7H,1,3-5H2,2H3;5-6H,2-4,7H2,1H3. The predicted octanol–water partition coefficient (Wildman–Crippen LogP) is 3.50. The van der Waals surface area contributed by atoms with Crippen LogP contribution in [0.1, 0.15) is 52.4 Å². The first-order valence-electron chi connectivity index (χ1n) is 6.04. The molecule has 3 atom stereocenters. The van der Waals surface area contributed by atoms with Crippen LogP contribution in [0.15, 0.2) is 12.2 Å². The molecule has 2 rings (SSSR count). The van der Waals surface area contributed by atoms with Gasteiger partial charge in [0.25, 0.3) is 0 Å². The molecular formula is C13H25N. The smallest absolute Gasteiger partial charge is 0.00645 e. The lowest BCUT2D eigenvalue weighted by Crippen LogP contribution is -2.21. The molecule has 0 amide bonds. The van der Waals surface area contributed by atoms with Crippen molar-refractivity contribution in [2.45, 2.75) is 58.4 Å². The zero-order chi connectivity index (χ0) is 10.6. The summed E-state index contributed by atoms with van der Waals surface area (Å²) in [7, 11) is 0. The molecule has 1 heteroatoms. The molecule has 2 saturated carbocycles. The van der Waals surface area contributed by atoms with E-state index >= 15 is 0 Å². The lowest BCUT2D eigenvalue weighted by molar-refractivity contribution is 0.527. The topological polar surface area (TPSA) is 26.0 Å². The summed E-state index contributed by atoms with van der Waals surface area (Å²) in [5.41, 5.74) is 7.14. The van der Waals surface area contributed by atoms with Crippen LogP contribution in [0.25, 0.3) is 0 Å². The van der Waals surface area contributed by atoms with Gasteiger partial charge in [-0.2, -0.15) is 0 Å². The second-order valence-electron chi connectivity index (χ2n) is 5.02. The highest BCUT2D eigenvalue weighted by atomic mass is 14.7. The van der Waals surface area contributed by atoms with Crippen LogP contribution in [-0.2, 0) is 0 Å². The molecule has 0 spiro atoms. The summed E-state index contributed by atoms with van der Waals surface area (Å²) in [5.74, 6) is 1.61. The third kappa shape index (κ3) is 3.45. The quantitative estimate of drug-likeness (QED) is 0.588. The van der Waals surface area contributed by atoms with Gasteiger partial charge in [-0.05, 0) is 43.9 Å². The van der Waals surface area contributed by atoms with Crippen molar-refractivity contribution in [1.82, 2.24) is 0 Å². The van der Waals surface area contributed by atoms with Gasteiger partial charge < -0.3 is 5.73 Å². The Labute approximate surface area is 88.8 Å². The summed E-state index contributed by atoms with van der Waals surface area (Å²) in [6.45, 7) is 8.43. The summed E-state index contributed by atoms with van der Waals surface area (Å²) in [6.07, 6.45) is 7.98. The van der Waals surface area contributed by atoms with Crippen molar-refractivity contribution in [3.05, 3.63) is 12.2 Å². The minimum absolute atomic E-state index is 0.514. The van der Waals surface area contributed by atoms with Gasteiger partial charge in [-0.1, -0.05) is 32.4 Å². The molecule has 3 unspecified atom stereocenters. The minimum Gasteiger partial charge on any atom is -0.327 e. The number of hydrogen-bond acceptors (Lipinski definition) is 1. The molecule has 0 radical (unpaired) electrons. The number of allylic oxidation sites excluding steroid dienone is 1. The molecule has 0 aliphatic heterocycles. The fraction of sp³-hybridized carbons (Fsp3) is 0.846. The molecule has 0 aromatic heterocycles. The minimum atomic E-state index is 0.514. The predicted molar refractivity (Wildman–Crippen MR) is 63.1 cm³/mol. The van der Waals surface area contributed by atoms with E-state index in [1.54, 1.807) is 0 Å². The Bertz CT molecular complexity index is 178. The Morgan fingerprint density at radius 3 is 2.00 bits per heavy atom. The molecule has 0 aromatic carbocycles.